The Kier molecular flexibility index (Phi) is 3.33. The summed E-state index contributed by atoms with van der Waals surface area (Å²) in [7, 11) is 0. The number of nitro benzene ring substituents is 1. The van der Waals surface area contributed by atoms with Gasteiger partial charge in [0.05, 0.1) is 10.5 Å². The van der Waals surface area contributed by atoms with Crippen molar-refractivity contribution in [2.75, 3.05) is 0 Å². The van der Waals surface area contributed by atoms with E-state index in [1.165, 1.54) is 0 Å². The highest BCUT2D eigenvalue weighted by Crippen LogP contribution is 2.26. The minimum absolute atomic E-state index is 0.114. The fraction of sp³-hybridized carbons (Fsp3) is 0. The Morgan fingerprint density at radius 2 is 2.19 bits per heavy atom. The molecule has 1 aromatic carbocycles. The van der Waals surface area contributed by atoms with E-state index in [0.29, 0.717) is 6.29 Å². The summed E-state index contributed by atoms with van der Waals surface area (Å²) >= 11 is 5.15. The van der Waals surface area contributed by atoms with Crippen LogP contribution in [0.1, 0.15) is 26.3 Å². The summed E-state index contributed by atoms with van der Waals surface area (Å²) in [5, 5.41) is 18.2. The number of benzene rings is 1. The molecule has 1 aromatic rings. The van der Waals surface area contributed by atoms with Crippen LogP contribution in [-0.4, -0.2) is 16.5 Å². The molecule has 0 amide bonds. The van der Waals surface area contributed by atoms with Crippen LogP contribution in [0, 0.1) is 21.4 Å². The number of carbonyl (C=O) groups is 2. The zero-order valence-corrected chi connectivity index (χ0v) is 8.39. The SMILES string of the molecule is N#Cc1c(C=O)ccc([N+](=O)[O-])c1C(=O)Cl. The van der Waals surface area contributed by atoms with E-state index < -0.39 is 21.4 Å². The van der Waals surface area contributed by atoms with Gasteiger partial charge in [0, 0.05) is 11.6 Å². The second-order valence-corrected chi connectivity index (χ2v) is 3.03. The van der Waals surface area contributed by atoms with Gasteiger partial charge in [-0.1, -0.05) is 0 Å². The zero-order valence-electron chi connectivity index (χ0n) is 7.64. The minimum Gasteiger partial charge on any atom is -0.298 e. The number of halogens is 1. The summed E-state index contributed by atoms with van der Waals surface area (Å²) in [5.74, 6) is 0. The van der Waals surface area contributed by atoms with Crippen molar-refractivity contribution in [1.82, 2.24) is 0 Å². The standard InChI is InChI=1S/C9H3ClN2O4/c10-9(14)8-6(3-11)5(4-13)1-2-7(8)12(15)16/h1-2,4H. The van der Waals surface area contributed by atoms with Gasteiger partial charge in [0.1, 0.15) is 11.6 Å². The van der Waals surface area contributed by atoms with Gasteiger partial charge in [0.2, 0.25) is 0 Å². The molecule has 16 heavy (non-hydrogen) atoms. The van der Waals surface area contributed by atoms with Crippen molar-refractivity contribution in [3.8, 4) is 6.07 Å². The molecule has 0 atom stereocenters. The van der Waals surface area contributed by atoms with E-state index in [2.05, 4.69) is 0 Å². The minimum atomic E-state index is -1.15. The second-order valence-electron chi connectivity index (χ2n) is 2.68. The maximum Gasteiger partial charge on any atom is 0.282 e. The quantitative estimate of drug-likeness (QED) is 0.345. The van der Waals surface area contributed by atoms with Crippen molar-refractivity contribution >= 4 is 28.8 Å². The van der Waals surface area contributed by atoms with Gasteiger partial charge in [0.25, 0.3) is 10.9 Å². The number of hydrogen-bond donors (Lipinski definition) is 0. The summed E-state index contributed by atoms with van der Waals surface area (Å²) < 4.78 is 0. The Labute approximate surface area is 94.2 Å². The molecular weight excluding hydrogens is 236 g/mol. The molecule has 80 valence electrons. The molecule has 0 aromatic heterocycles. The van der Waals surface area contributed by atoms with E-state index in [-0.39, 0.29) is 11.1 Å². The molecule has 0 radical (unpaired) electrons. The average molecular weight is 239 g/mol. The second kappa shape index (κ2) is 4.51. The van der Waals surface area contributed by atoms with Crippen LogP contribution in [0.5, 0.6) is 0 Å². The molecule has 0 bridgehead atoms. The third-order valence-corrected chi connectivity index (χ3v) is 2.04. The van der Waals surface area contributed by atoms with Crippen molar-refractivity contribution in [2.24, 2.45) is 0 Å². The zero-order chi connectivity index (χ0) is 12.3. The van der Waals surface area contributed by atoms with E-state index in [9.17, 15) is 19.7 Å². The maximum atomic E-state index is 11.0. The Hall–Kier alpha value is -2.26. The lowest BCUT2D eigenvalue weighted by Crippen LogP contribution is -2.04. The van der Waals surface area contributed by atoms with Gasteiger partial charge in [-0.05, 0) is 17.7 Å². The highest BCUT2D eigenvalue weighted by atomic mass is 35.5. The van der Waals surface area contributed by atoms with E-state index in [1.807, 2.05) is 0 Å². The third-order valence-electron chi connectivity index (χ3n) is 1.85. The van der Waals surface area contributed by atoms with Gasteiger partial charge in [-0.15, -0.1) is 0 Å². The number of nitrogens with zero attached hydrogens (tertiary/aromatic N) is 2. The van der Waals surface area contributed by atoms with E-state index in [0.717, 1.165) is 12.1 Å². The Balaban J connectivity index is 3.72. The van der Waals surface area contributed by atoms with Crippen molar-refractivity contribution in [3.63, 3.8) is 0 Å². The van der Waals surface area contributed by atoms with E-state index in [4.69, 9.17) is 16.9 Å². The number of carbonyl (C=O) groups excluding carboxylic acids is 2. The molecule has 7 heteroatoms. The molecule has 0 aliphatic carbocycles. The number of aldehydes is 1. The largest absolute Gasteiger partial charge is 0.298 e. The topological polar surface area (TPSA) is 101 Å². The van der Waals surface area contributed by atoms with E-state index in [1.54, 1.807) is 6.07 Å². The summed E-state index contributed by atoms with van der Waals surface area (Å²) in [6, 6.07) is 3.60. The summed E-state index contributed by atoms with van der Waals surface area (Å²) in [6.45, 7) is 0. The molecule has 0 spiro atoms. The molecule has 0 fully saturated rings. The first-order valence-corrected chi connectivity index (χ1v) is 4.27. The molecule has 6 nitrogen and oxygen atoms in total. The Morgan fingerprint density at radius 3 is 2.56 bits per heavy atom. The van der Waals surface area contributed by atoms with Crippen LogP contribution in [-0.2, 0) is 0 Å². The van der Waals surface area contributed by atoms with Gasteiger partial charge in [-0.2, -0.15) is 5.26 Å². The van der Waals surface area contributed by atoms with Crippen LogP contribution in [0.2, 0.25) is 0 Å². The van der Waals surface area contributed by atoms with Crippen LogP contribution in [0.25, 0.3) is 0 Å². The first-order valence-electron chi connectivity index (χ1n) is 3.89. The molecule has 0 saturated carbocycles. The fourth-order valence-corrected chi connectivity index (χ4v) is 1.37. The lowest BCUT2D eigenvalue weighted by molar-refractivity contribution is -0.385. The molecule has 0 unspecified atom stereocenters. The van der Waals surface area contributed by atoms with Gasteiger partial charge in [-0.25, -0.2) is 0 Å². The van der Waals surface area contributed by atoms with Crippen LogP contribution in [0.4, 0.5) is 5.69 Å². The lowest BCUT2D eigenvalue weighted by atomic mass is 10.0. The Morgan fingerprint density at radius 1 is 1.56 bits per heavy atom. The molecular formula is C9H3ClN2O4. The lowest BCUT2D eigenvalue weighted by Gasteiger charge is -2.02. The summed E-state index contributed by atoms with van der Waals surface area (Å²) in [6.07, 6.45) is 0.325. The van der Waals surface area contributed by atoms with Gasteiger partial charge in [0.15, 0.2) is 6.29 Å². The Bertz CT molecular complexity index is 533. The molecule has 0 aliphatic rings. The van der Waals surface area contributed by atoms with Crippen molar-refractivity contribution in [2.45, 2.75) is 0 Å². The first kappa shape index (κ1) is 11.8. The average Bonchev–Trinajstić information content (AvgIpc) is 2.26. The molecule has 0 aliphatic heterocycles. The smallest absolute Gasteiger partial charge is 0.282 e. The number of rotatable bonds is 3. The third kappa shape index (κ3) is 1.89. The monoisotopic (exact) mass is 238 g/mol. The van der Waals surface area contributed by atoms with Crippen LogP contribution >= 0.6 is 11.6 Å². The van der Waals surface area contributed by atoms with Crippen LogP contribution in [0.15, 0.2) is 12.1 Å². The van der Waals surface area contributed by atoms with Crippen LogP contribution in [0.3, 0.4) is 0 Å². The fourth-order valence-electron chi connectivity index (χ4n) is 1.18. The predicted octanol–water partition coefficient (Wildman–Crippen LogP) is 1.66. The number of nitriles is 1. The molecule has 0 saturated heterocycles. The summed E-state index contributed by atoms with van der Waals surface area (Å²) in [5.41, 5.74) is -1.65. The van der Waals surface area contributed by atoms with Crippen LogP contribution < -0.4 is 0 Å². The normalized spacial score (nSPS) is 9.25. The predicted molar refractivity (Wildman–Crippen MR) is 53.4 cm³/mol. The number of nitro groups is 1. The molecule has 0 heterocycles. The highest BCUT2D eigenvalue weighted by Gasteiger charge is 2.25. The molecule has 0 N–H and O–H groups in total. The first-order chi connectivity index (χ1) is 7.52. The van der Waals surface area contributed by atoms with E-state index >= 15 is 0 Å². The maximum absolute atomic E-state index is 11.0. The van der Waals surface area contributed by atoms with Crippen molar-refractivity contribution in [3.05, 3.63) is 38.9 Å². The van der Waals surface area contributed by atoms with Gasteiger partial charge >= 0.3 is 0 Å². The van der Waals surface area contributed by atoms with Gasteiger partial charge < -0.3 is 0 Å². The highest BCUT2D eigenvalue weighted by molar-refractivity contribution is 6.68. The number of hydrogen-bond acceptors (Lipinski definition) is 5. The van der Waals surface area contributed by atoms with Crippen molar-refractivity contribution in [1.29, 1.82) is 5.26 Å². The molecule has 1 rings (SSSR count). The van der Waals surface area contributed by atoms with Gasteiger partial charge in [-0.3, -0.25) is 19.7 Å². The van der Waals surface area contributed by atoms with Crippen molar-refractivity contribution < 1.29 is 14.5 Å². The summed E-state index contributed by atoms with van der Waals surface area (Å²) in [4.78, 5) is 31.3.